The summed E-state index contributed by atoms with van der Waals surface area (Å²) in [5.74, 6) is -0.222. The summed E-state index contributed by atoms with van der Waals surface area (Å²) < 4.78 is 5.57. The Labute approximate surface area is 118 Å². The highest BCUT2D eigenvalue weighted by atomic mass is 16.5. The Balaban J connectivity index is 2.16. The van der Waals surface area contributed by atoms with E-state index in [1.807, 2.05) is 37.3 Å². The number of rotatable bonds is 3. The van der Waals surface area contributed by atoms with Crippen LogP contribution in [0.1, 0.15) is 25.0 Å². The minimum Gasteiger partial charge on any atom is -0.449 e. The molecule has 0 amide bonds. The lowest BCUT2D eigenvalue weighted by Gasteiger charge is -2.16. The fourth-order valence-corrected chi connectivity index (χ4v) is 2.74. The van der Waals surface area contributed by atoms with Gasteiger partial charge >= 0.3 is 5.97 Å². The summed E-state index contributed by atoms with van der Waals surface area (Å²) in [6.07, 6.45) is 2.20. The van der Waals surface area contributed by atoms with E-state index in [0.717, 1.165) is 21.9 Å². The molecule has 0 N–H and O–H groups in total. The number of hydrogen-bond acceptors (Lipinski definition) is 2. The Morgan fingerprint density at radius 2 is 1.95 bits per heavy atom. The van der Waals surface area contributed by atoms with Crippen molar-refractivity contribution in [2.45, 2.75) is 19.4 Å². The van der Waals surface area contributed by atoms with Gasteiger partial charge in [-0.2, -0.15) is 0 Å². The van der Waals surface area contributed by atoms with Crippen molar-refractivity contribution in [2.75, 3.05) is 0 Å². The molecule has 1 aliphatic heterocycles. The maximum absolute atomic E-state index is 11.9. The number of carbonyl (C=O) groups excluding carboxylic acids is 1. The Kier molecular flexibility index (Phi) is 3.15. The molecule has 1 aliphatic rings. The lowest BCUT2D eigenvalue weighted by molar-refractivity contribution is -0.139. The van der Waals surface area contributed by atoms with Gasteiger partial charge in [0.1, 0.15) is 0 Å². The maximum atomic E-state index is 11.9. The van der Waals surface area contributed by atoms with Crippen molar-refractivity contribution in [3.8, 4) is 0 Å². The molecule has 100 valence electrons. The lowest BCUT2D eigenvalue weighted by Crippen LogP contribution is -2.04. The van der Waals surface area contributed by atoms with Crippen LogP contribution in [0.5, 0.6) is 0 Å². The van der Waals surface area contributed by atoms with Crippen LogP contribution < -0.4 is 0 Å². The summed E-state index contributed by atoms with van der Waals surface area (Å²) in [6.45, 7) is 5.60. The van der Waals surface area contributed by atoms with Crippen molar-refractivity contribution < 1.29 is 9.53 Å². The van der Waals surface area contributed by atoms with Crippen molar-refractivity contribution in [3.05, 3.63) is 71.8 Å². The van der Waals surface area contributed by atoms with Crippen LogP contribution in [0.15, 0.2) is 66.3 Å². The predicted molar refractivity (Wildman–Crippen MR) is 80.3 cm³/mol. The molecule has 1 atom stereocenters. The SMILES string of the molecule is C=CCC1=C(C)C(=O)O[C@H]1c1cccc2ccccc12. The second kappa shape index (κ2) is 4.97. The molecule has 2 aromatic rings. The molecule has 3 rings (SSSR count). The summed E-state index contributed by atoms with van der Waals surface area (Å²) in [5.41, 5.74) is 2.77. The summed E-state index contributed by atoms with van der Waals surface area (Å²) in [5, 5.41) is 2.28. The number of fused-ring (bicyclic) bond motifs is 1. The van der Waals surface area contributed by atoms with Gasteiger partial charge in [-0.1, -0.05) is 48.5 Å². The Morgan fingerprint density at radius 1 is 1.20 bits per heavy atom. The third kappa shape index (κ3) is 1.94. The van der Waals surface area contributed by atoms with Crippen molar-refractivity contribution in [1.29, 1.82) is 0 Å². The second-order valence-electron chi connectivity index (χ2n) is 5.00. The summed E-state index contributed by atoms with van der Waals surface area (Å²) >= 11 is 0. The summed E-state index contributed by atoms with van der Waals surface area (Å²) in [7, 11) is 0. The molecule has 0 radical (unpaired) electrons. The van der Waals surface area contributed by atoms with Gasteiger partial charge in [-0.15, -0.1) is 6.58 Å². The Bertz CT molecular complexity index is 720. The van der Waals surface area contributed by atoms with Crippen molar-refractivity contribution in [3.63, 3.8) is 0 Å². The second-order valence-corrected chi connectivity index (χ2v) is 5.00. The highest BCUT2D eigenvalue weighted by molar-refractivity contribution is 5.93. The van der Waals surface area contributed by atoms with Crippen molar-refractivity contribution >= 4 is 16.7 Å². The van der Waals surface area contributed by atoms with E-state index in [-0.39, 0.29) is 12.1 Å². The standard InChI is InChI=1S/C18H16O2/c1-3-7-14-12(2)18(19)20-17(14)16-11-6-9-13-8-4-5-10-15(13)16/h3-6,8-11,17H,1,7H2,2H3/t17-/m1/s1. The number of esters is 1. The first-order valence-electron chi connectivity index (χ1n) is 6.71. The smallest absolute Gasteiger partial charge is 0.334 e. The lowest BCUT2D eigenvalue weighted by atomic mass is 9.93. The number of allylic oxidation sites excluding steroid dienone is 1. The third-order valence-electron chi connectivity index (χ3n) is 3.80. The van der Waals surface area contributed by atoms with Crippen LogP contribution in [-0.2, 0) is 9.53 Å². The fraction of sp³-hybridized carbons (Fsp3) is 0.167. The van der Waals surface area contributed by atoms with Crippen molar-refractivity contribution in [2.24, 2.45) is 0 Å². The van der Waals surface area contributed by atoms with E-state index in [4.69, 9.17) is 4.74 Å². The zero-order valence-electron chi connectivity index (χ0n) is 11.4. The molecule has 0 saturated carbocycles. The molecule has 0 aliphatic carbocycles. The maximum Gasteiger partial charge on any atom is 0.334 e. The molecular weight excluding hydrogens is 248 g/mol. The minimum absolute atomic E-state index is 0.222. The van der Waals surface area contributed by atoms with Crippen LogP contribution in [0.2, 0.25) is 0 Å². The van der Waals surface area contributed by atoms with E-state index < -0.39 is 0 Å². The van der Waals surface area contributed by atoms with Gasteiger partial charge in [0.15, 0.2) is 6.10 Å². The van der Waals surface area contributed by atoms with Gasteiger partial charge in [-0.25, -0.2) is 4.79 Å². The number of benzene rings is 2. The number of carbonyl (C=O) groups is 1. The largest absolute Gasteiger partial charge is 0.449 e. The van der Waals surface area contributed by atoms with Gasteiger partial charge in [0.25, 0.3) is 0 Å². The molecule has 20 heavy (non-hydrogen) atoms. The first kappa shape index (κ1) is 12.7. The van der Waals surface area contributed by atoms with Crippen LogP contribution >= 0.6 is 0 Å². The van der Waals surface area contributed by atoms with Gasteiger partial charge in [-0.05, 0) is 29.7 Å². The highest BCUT2D eigenvalue weighted by Gasteiger charge is 2.32. The fourth-order valence-electron chi connectivity index (χ4n) is 2.74. The number of ether oxygens (including phenoxy) is 1. The average Bonchev–Trinajstić information content (AvgIpc) is 2.75. The summed E-state index contributed by atoms with van der Waals surface area (Å²) in [6, 6.07) is 14.3. The molecule has 2 aromatic carbocycles. The van der Waals surface area contributed by atoms with Gasteiger partial charge in [0, 0.05) is 11.1 Å². The van der Waals surface area contributed by atoms with E-state index >= 15 is 0 Å². The molecule has 0 spiro atoms. The number of hydrogen-bond donors (Lipinski definition) is 0. The predicted octanol–water partition coefficient (Wildman–Crippen LogP) is 4.33. The normalized spacial score (nSPS) is 18.4. The van der Waals surface area contributed by atoms with Gasteiger partial charge in [0.2, 0.25) is 0 Å². The first-order chi connectivity index (χ1) is 9.72. The first-order valence-corrected chi connectivity index (χ1v) is 6.71. The van der Waals surface area contributed by atoms with Crippen LogP contribution in [0.3, 0.4) is 0 Å². The van der Waals surface area contributed by atoms with E-state index in [0.29, 0.717) is 12.0 Å². The van der Waals surface area contributed by atoms with Gasteiger partial charge in [0.05, 0.1) is 0 Å². The van der Waals surface area contributed by atoms with Crippen LogP contribution in [-0.4, -0.2) is 5.97 Å². The molecule has 1 heterocycles. The zero-order valence-corrected chi connectivity index (χ0v) is 11.4. The van der Waals surface area contributed by atoms with Crippen molar-refractivity contribution in [1.82, 2.24) is 0 Å². The molecule has 0 bridgehead atoms. The quantitative estimate of drug-likeness (QED) is 0.609. The van der Waals surface area contributed by atoms with Crippen LogP contribution in [0.25, 0.3) is 10.8 Å². The Morgan fingerprint density at radius 3 is 2.75 bits per heavy atom. The minimum atomic E-state index is -0.286. The number of cyclic esters (lactones) is 1. The molecule has 0 aromatic heterocycles. The van der Waals surface area contributed by atoms with Crippen LogP contribution in [0, 0.1) is 0 Å². The monoisotopic (exact) mass is 264 g/mol. The highest BCUT2D eigenvalue weighted by Crippen LogP contribution is 2.39. The van der Waals surface area contributed by atoms with E-state index in [1.54, 1.807) is 0 Å². The molecule has 0 saturated heterocycles. The zero-order chi connectivity index (χ0) is 14.1. The Hall–Kier alpha value is -2.35. The topological polar surface area (TPSA) is 26.3 Å². The van der Waals surface area contributed by atoms with E-state index in [2.05, 4.69) is 24.8 Å². The van der Waals surface area contributed by atoms with Gasteiger partial charge in [-0.3, -0.25) is 0 Å². The van der Waals surface area contributed by atoms with Crippen LogP contribution in [0.4, 0.5) is 0 Å². The molecule has 2 heteroatoms. The van der Waals surface area contributed by atoms with E-state index in [9.17, 15) is 4.79 Å². The van der Waals surface area contributed by atoms with E-state index in [1.165, 1.54) is 0 Å². The molecular formula is C18H16O2. The average molecular weight is 264 g/mol. The molecule has 2 nitrogen and oxygen atoms in total. The van der Waals surface area contributed by atoms with Gasteiger partial charge < -0.3 is 4.74 Å². The molecule has 0 fully saturated rings. The third-order valence-corrected chi connectivity index (χ3v) is 3.80. The molecule has 0 unspecified atom stereocenters. The summed E-state index contributed by atoms with van der Waals surface area (Å²) in [4.78, 5) is 11.9.